The van der Waals surface area contributed by atoms with Gasteiger partial charge in [-0.15, -0.1) is 34.4 Å². The maximum atomic E-state index is 6.57. The molecular weight excluding hydrogens is 595 g/mol. The Morgan fingerprint density at radius 1 is 0.975 bits per heavy atom. The zero-order valence-corrected chi connectivity index (χ0v) is 25.9. The summed E-state index contributed by atoms with van der Waals surface area (Å²) in [7, 11) is 4.11. The van der Waals surface area contributed by atoms with Crippen LogP contribution in [0.1, 0.15) is 29.2 Å². The van der Waals surface area contributed by atoms with Gasteiger partial charge >= 0.3 is 0 Å². The van der Waals surface area contributed by atoms with Gasteiger partial charge in [-0.3, -0.25) is 0 Å². The van der Waals surface area contributed by atoms with E-state index in [1.54, 1.807) is 22.7 Å². The van der Waals surface area contributed by atoms with E-state index in [1.165, 1.54) is 15.3 Å². The Labute approximate surface area is 256 Å². The minimum absolute atomic E-state index is 0.0288. The van der Waals surface area contributed by atoms with Gasteiger partial charge in [-0.1, -0.05) is 77.8 Å². The van der Waals surface area contributed by atoms with Crippen molar-refractivity contribution < 1.29 is 0 Å². The van der Waals surface area contributed by atoms with E-state index in [9.17, 15) is 0 Å². The summed E-state index contributed by atoms with van der Waals surface area (Å²) in [5.74, 6) is 0.883. The van der Waals surface area contributed by atoms with Crippen molar-refractivity contribution in [1.29, 1.82) is 0 Å². The highest BCUT2D eigenvalue weighted by Crippen LogP contribution is 2.44. The number of thiophene rings is 1. The first-order valence-electron chi connectivity index (χ1n) is 12.8. The second-order valence-corrected chi connectivity index (χ2v) is 13.8. The van der Waals surface area contributed by atoms with E-state index in [4.69, 9.17) is 33.3 Å². The van der Waals surface area contributed by atoms with Crippen molar-refractivity contribution >= 4 is 74.2 Å². The minimum atomic E-state index is 0.0288. The predicted molar refractivity (Wildman–Crippen MR) is 175 cm³/mol. The average Bonchev–Trinajstić information content (AvgIpc) is 3.71. The number of nitrogens with zero attached hydrogens (tertiary/aromatic N) is 4. The molecule has 0 bridgehead atoms. The Hall–Kier alpha value is -2.81. The van der Waals surface area contributed by atoms with Gasteiger partial charge in [-0.25, -0.2) is 9.99 Å². The van der Waals surface area contributed by atoms with Gasteiger partial charge in [-0.05, 0) is 41.5 Å². The second-order valence-electron chi connectivity index (χ2n) is 9.65. The van der Waals surface area contributed by atoms with Crippen LogP contribution in [0.4, 0.5) is 10.8 Å². The SMILES string of the molecule is CN(C)c1ccc(C2CC(c3cc(Cl)sc3SCc3ccccc3)=NN2c2nc(-c3ccc(Cl)cc3)cs2)cc1. The number of thiazole rings is 1. The molecule has 0 N–H and O–H groups in total. The molecule has 0 fully saturated rings. The molecular formula is C31H26Cl2N4S3. The first-order valence-corrected chi connectivity index (χ1v) is 16.2. The Balaban J connectivity index is 1.34. The lowest BCUT2D eigenvalue weighted by Crippen LogP contribution is -2.18. The van der Waals surface area contributed by atoms with Crippen molar-refractivity contribution in [2.45, 2.75) is 22.4 Å². The Kier molecular flexibility index (Phi) is 8.19. The molecule has 0 aliphatic carbocycles. The molecule has 5 aromatic rings. The number of hydrazone groups is 1. The molecule has 202 valence electrons. The summed E-state index contributed by atoms with van der Waals surface area (Å²) in [6, 6.07) is 29.1. The van der Waals surface area contributed by atoms with E-state index in [1.807, 2.05) is 42.1 Å². The van der Waals surface area contributed by atoms with Crippen molar-refractivity contribution in [2.24, 2.45) is 5.10 Å². The number of hydrogen-bond donors (Lipinski definition) is 0. The smallest absolute Gasteiger partial charge is 0.207 e. The lowest BCUT2D eigenvalue weighted by atomic mass is 9.99. The third-order valence-corrected chi connectivity index (χ3v) is 10.4. The van der Waals surface area contributed by atoms with Crippen LogP contribution in [-0.2, 0) is 5.75 Å². The fourth-order valence-corrected chi connectivity index (χ4v) is 8.18. The lowest BCUT2D eigenvalue weighted by Gasteiger charge is -2.22. The number of rotatable bonds is 8. The van der Waals surface area contributed by atoms with Gasteiger partial charge in [-0.2, -0.15) is 5.10 Å². The molecule has 1 atom stereocenters. The molecule has 3 aromatic carbocycles. The van der Waals surface area contributed by atoms with Crippen LogP contribution in [0.3, 0.4) is 0 Å². The van der Waals surface area contributed by atoms with Crippen molar-refractivity contribution in [1.82, 2.24) is 4.98 Å². The first-order chi connectivity index (χ1) is 19.4. The molecule has 1 unspecified atom stereocenters. The fourth-order valence-electron chi connectivity index (χ4n) is 4.60. The summed E-state index contributed by atoms with van der Waals surface area (Å²) in [6.45, 7) is 0. The van der Waals surface area contributed by atoms with E-state index in [0.29, 0.717) is 5.02 Å². The Morgan fingerprint density at radius 2 is 1.73 bits per heavy atom. The monoisotopic (exact) mass is 620 g/mol. The van der Waals surface area contributed by atoms with Crippen LogP contribution in [0, 0.1) is 0 Å². The van der Waals surface area contributed by atoms with E-state index < -0.39 is 0 Å². The summed E-state index contributed by atoms with van der Waals surface area (Å²) in [5.41, 5.74) is 7.75. The van der Waals surface area contributed by atoms with Crippen molar-refractivity contribution in [3.05, 3.63) is 116 Å². The molecule has 3 heterocycles. The van der Waals surface area contributed by atoms with E-state index >= 15 is 0 Å². The zero-order valence-electron chi connectivity index (χ0n) is 21.9. The second kappa shape index (κ2) is 12.0. The molecule has 1 aliphatic heterocycles. The molecule has 40 heavy (non-hydrogen) atoms. The molecule has 4 nitrogen and oxygen atoms in total. The van der Waals surface area contributed by atoms with Crippen LogP contribution in [-0.4, -0.2) is 24.8 Å². The number of anilines is 2. The largest absolute Gasteiger partial charge is 0.378 e. The zero-order chi connectivity index (χ0) is 27.6. The van der Waals surface area contributed by atoms with Crippen LogP contribution in [0.25, 0.3) is 11.3 Å². The molecule has 1 aliphatic rings. The summed E-state index contributed by atoms with van der Waals surface area (Å²) in [5, 5.41) is 10.9. The summed E-state index contributed by atoms with van der Waals surface area (Å²) < 4.78 is 1.97. The van der Waals surface area contributed by atoms with Crippen LogP contribution >= 0.6 is 57.6 Å². The molecule has 0 saturated heterocycles. The van der Waals surface area contributed by atoms with Gasteiger partial charge in [0.05, 0.1) is 26.0 Å². The molecule has 0 saturated carbocycles. The maximum absolute atomic E-state index is 6.57. The number of halogens is 2. The number of hydrogen-bond acceptors (Lipinski definition) is 7. The molecule has 0 radical (unpaired) electrons. The van der Waals surface area contributed by atoms with Gasteiger partial charge in [0, 0.05) is 53.5 Å². The maximum Gasteiger partial charge on any atom is 0.207 e. The quantitative estimate of drug-likeness (QED) is 0.162. The van der Waals surface area contributed by atoms with Crippen LogP contribution in [0.15, 0.2) is 99.6 Å². The van der Waals surface area contributed by atoms with Gasteiger partial charge in [0.2, 0.25) is 5.13 Å². The van der Waals surface area contributed by atoms with Crippen molar-refractivity contribution in [2.75, 3.05) is 24.0 Å². The third kappa shape index (κ3) is 5.94. The van der Waals surface area contributed by atoms with E-state index in [-0.39, 0.29) is 6.04 Å². The molecule has 2 aromatic heterocycles. The van der Waals surface area contributed by atoms with Gasteiger partial charge in [0.15, 0.2) is 0 Å². The lowest BCUT2D eigenvalue weighted by molar-refractivity contribution is 0.706. The van der Waals surface area contributed by atoms with Crippen molar-refractivity contribution in [3.8, 4) is 11.3 Å². The summed E-state index contributed by atoms with van der Waals surface area (Å²) >= 11 is 17.7. The van der Waals surface area contributed by atoms with Gasteiger partial charge in [0.1, 0.15) is 0 Å². The Morgan fingerprint density at radius 3 is 2.45 bits per heavy atom. The van der Waals surface area contributed by atoms with Crippen LogP contribution < -0.4 is 9.91 Å². The Bertz CT molecular complexity index is 1630. The van der Waals surface area contributed by atoms with E-state index in [0.717, 1.165) is 49.9 Å². The highest BCUT2D eigenvalue weighted by atomic mass is 35.5. The topological polar surface area (TPSA) is 31.7 Å². The third-order valence-electron chi connectivity index (χ3n) is 6.72. The number of thioether (sulfide) groups is 1. The normalized spacial score (nSPS) is 14.9. The average molecular weight is 622 g/mol. The van der Waals surface area contributed by atoms with Crippen LogP contribution in [0.5, 0.6) is 0 Å². The highest BCUT2D eigenvalue weighted by molar-refractivity contribution is 8.00. The van der Waals surface area contributed by atoms with Gasteiger partial charge < -0.3 is 4.90 Å². The number of benzene rings is 3. The fraction of sp³-hybridized carbons (Fsp3) is 0.161. The highest BCUT2D eigenvalue weighted by Gasteiger charge is 2.33. The molecule has 9 heteroatoms. The van der Waals surface area contributed by atoms with Crippen LogP contribution in [0.2, 0.25) is 9.36 Å². The molecule has 0 amide bonds. The summed E-state index contributed by atoms with van der Waals surface area (Å²) in [4.78, 5) is 7.11. The van der Waals surface area contributed by atoms with Crippen molar-refractivity contribution in [3.63, 3.8) is 0 Å². The van der Waals surface area contributed by atoms with Gasteiger partial charge in [0.25, 0.3) is 0 Å². The first kappa shape index (κ1) is 27.4. The predicted octanol–water partition coefficient (Wildman–Crippen LogP) is 9.89. The minimum Gasteiger partial charge on any atom is -0.378 e. The molecule has 0 spiro atoms. The summed E-state index contributed by atoms with van der Waals surface area (Å²) in [6.07, 6.45) is 0.767. The number of aromatic nitrogens is 1. The standard InChI is InChI=1S/C31H26Cl2N4S3/c1-36(2)24-14-10-22(11-15-24)28-17-26(25-16-29(33)40-30(25)38-18-20-6-4-3-5-7-20)35-37(28)31-34-27(19-39-31)21-8-12-23(32)13-9-21/h3-16,19,28H,17-18H2,1-2H3. The molecule has 6 rings (SSSR count). The van der Waals surface area contributed by atoms with E-state index in [2.05, 4.69) is 84.0 Å².